The lowest BCUT2D eigenvalue weighted by Gasteiger charge is -2.30. The van der Waals surface area contributed by atoms with Crippen LogP contribution in [0, 0.1) is 16.2 Å². The van der Waals surface area contributed by atoms with E-state index < -0.39 is 5.41 Å². The minimum absolute atomic E-state index is 0.117. The second-order valence-corrected chi connectivity index (χ2v) is 5.29. The fourth-order valence-corrected chi connectivity index (χ4v) is 1.00. The average Bonchev–Trinajstić information content (AvgIpc) is 2.24. The molecule has 0 aromatic rings. The summed E-state index contributed by atoms with van der Waals surface area (Å²) >= 11 is 0. The normalized spacial score (nSPS) is 14.4. The number of carbonyl (C=O) groups excluding carboxylic acids is 1. The van der Waals surface area contributed by atoms with E-state index in [1.807, 2.05) is 20.8 Å². The first kappa shape index (κ1) is 15.1. The Kier molecular flexibility index (Phi) is 5.13. The molecule has 0 aromatic heterocycles. The van der Waals surface area contributed by atoms with Gasteiger partial charge in [-0.05, 0) is 20.8 Å². The monoisotopic (exact) mass is 229 g/mol. The number of methoxy groups -OCH3 is 1. The third-order valence-electron chi connectivity index (χ3n) is 2.85. The minimum atomic E-state index is -0.652. The molecule has 0 aliphatic heterocycles. The zero-order valence-electron chi connectivity index (χ0n) is 11.1. The Morgan fingerprint density at radius 2 is 1.88 bits per heavy atom. The zero-order chi connectivity index (χ0) is 13.0. The molecule has 1 unspecified atom stereocenters. The van der Waals surface area contributed by atoms with Gasteiger partial charge in [0.15, 0.2) is 0 Å². The summed E-state index contributed by atoms with van der Waals surface area (Å²) in [5.41, 5.74) is -0.979. The van der Waals surface area contributed by atoms with Gasteiger partial charge in [-0.15, -0.1) is 0 Å². The molecular formula is C12H23NO3. The van der Waals surface area contributed by atoms with E-state index in [1.165, 1.54) is 13.3 Å². The van der Waals surface area contributed by atoms with Gasteiger partial charge in [0, 0.05) is 11.6 Å². The van der Waals surface area contributed by atoms with Crippen LogP contribution in [-0.4, -0.2) is 32.0 Å². The molecule has 0 rings (SSSR count). The smallest absolute Gasteiger partial charge is 0.313 e. The average molecular weight is 229 g/mol. The van der Waals surface area contributed by atoms with E-state index in [9.17, 15) is 4.79 Å². The van der Waals surface area contributed by atoms with Gasteiger partial charge in [0.1, 0.15) is 0 Å². The van der Waals surface area contributed by atoms with E-state index >= 15 is 0 Å². The molecule has 4 nitrogen and oxygen atoms in total. The maximum absolute atomic E-state index is 11.4. The van der Waals surface area contributed by atoms with Gasteiger partial charge in [-0.1, -0.05) is 13.8 Å². The summed E-state index contributed by atoms with van der Waals surface area (Å²) < 4.78 is 10.3. The Labute approximate surface area is 97.8 Å². The van der Waals surface area contributed by atoms with Crippen LogP contribution in [0.3, 0.4) is 0 Å². The van der Waals surface area contributed by atoms with Crippen molar-refractivity contribution in [1.29, 1.82) is 5.41 Å². The number of carbonyl (C=O) groups is 1. The van der Waals surface area contributed by atoms with Gasteiger partial charge < -0.3 is 14.9 Å². The van der Waals surface area contributed by atoms with Crippen molar-refractivity contribution in [2.45, 2.75) is 40.7 Å². The van der Waals surface area contributed by atoms with E-state index in [2.05, 4.69) is 0 Å². The molecule has 0 aliphatic rings. The van der Waals surface area contributed by atoms with Gasteiger partial charge in [-0.25, -0.2) is 0 Å². The number of hydrogen-bond donors (Lipinski definition) is 1. The first-order valence-electron chi connectivity index (χ1n) is 5.39. The molecule has 0 amide bonds. The largest absolute Gasteiger partial charge is 0.469 e. The van der Waals surface area contributed by atoms with Gasteiger partial charge >= 0.3 is 5.97 Å². The van der Waals surface area contributed by atoms with Crippen molar-refractivity contribution in [1.82, 2.24) is 0 Å². The first-order valence-corrected chi connectivity index (χ1v) is 5.39. The van der Waals surface area contributed by atoms with Crippen molar-refractivity contribution in [2.24, 2.45) is 10.8 Å². The molecule has 0 aliphatic carbocycles. The summed E-state index contributed by atoms with van der Waals surface area (Å²) in [4.78, 5) is 11.4. The first-order chi connectivity index (χ1) is 7.17. The Balaban J connectivity index is 4.35. The van der Waals surface area contributed by atoms with E-state index in [0.717, 1.165) is 0 Å². The Bertz CT molecular complexity index is 259. The fraction of sp³-hybridized carbons (Fsp3) is 0.833. The van der Waals surface area contributed by atoms with Crippen LogP contribution < -0.4 is 0 Å². The molecule has 0 radical (unpaired) electrons. The van der Waals surface area contributed by atoms with Gasteiger partial charge in [-0.3, -0.25) is 4.79 Å². The molecule has 94 valence electrons. The predicted molar refractivity (Wildman–Crippen MR) is 63.8 cm³/mol. The quantitative estimate of drug-likeness (QED) is 0.561. The van der Waals surface area contributed by atoms with Crippen LogP contribution in [0.4, 0.5) is 0 Å². The van der Waals surface area contributed by atoms with Crippen molar-refractivity contribution < 1.29 is 14.3 Å². The van der Waals surface area contributed by atoms with E-state index in [-0.39, 0.29) is 24.1 Å². The maximum atomic E-state index is 11.4. The maximum Gasteiger partial charge on any atom is 0.313 e. The molecule has 0 saturated heterocycles. The number of nitrogens with one attached hydrogen (secondary N) is 1. The van der Waals surface area contributed by atoms with Crippen LogP contribution in [-0.2, 0) is 14.3 Å². The number of esters is 1. The molecule has 1 N–H and O–H groups in total. The SMILES string of the molecule is COC(=O)C(C)(C)COC(C)C(C)(C)C=N. The third kappa shape index (κ3) is 3.93. The number of ether oxygens (including phenoxy) is 2. The van der Waals surface area contributed by atoms with Crippen molar-refractivity contribution >= 4 is 12.2 Å². The number of rotatable bonds is 6. The molecule has 0 heterocycles. The lowest BCUT2D eigenvalue weighted by molar-refractivity contribution is -0.156. The Morgan fingerprint density at radius 1 is 1.38 bits per heavy atom. The molecule has 0 saturated carbocycles. The van der Waals surface area contributed by atoms with Crippen molar-refractivity contribution in [2.75, 3.05) is 13.7 Å². The molecule has 0 fully saturated rings. The zero-order valence-corrected chi connectivity index (χ0v) is 11.1. The highest BCUT2D eigenvalue weighted by atomic mass is 16.5. The molecule has 4 heteroatoms. The second-order valence-electron chi connectivity index (χ2n) is 5.29. The fourth-order valence-electron chi connectivity index (χ4n) is 1.00. The van der Waals surface area contributed by atoms with Crippen LogP contribution in [0.15, 0.2) is 0 Å². The van der Waals surface area contributed by atoms with Crippen LogP contribution in [0.2, 0.25) is 0 Å². The summed E-state index contributed by atoms with van der Waals surface area (Å²) in [6, 6.07) is 0. The van der Waals surface area contributed by atoms with Gasteiger partial charge in [-0.2, -0.15) is 0 Å². The van der Waals surface area contributed by atoms with E-state index in [4.69, 9.17) is 14.9 Å². The highest BCUT2D eigenvalue weighted by Gasteiger charge is 2.32. The summed E-state index contributed by atoms with van der Waals surface area (Å²) in [6.07, 6.45) is 1.25. The van der Waals surface area contributed by atoms with Crippen LogP contribution in [0.5, 0.6) is 0 Å². The molecular weight excluding hydrogens is 206 g/mol. The lowest BCUT2D eigenvalue weighted by Crippen LogP contribution is -2.37. The van der Waals surface area contributed by atoms with Gasteiger partial charge in [0.05, 0.1) is 25.2 Å². The van der Waals surface area contributed by atoms with Gasteiger partial charge in [0.2, 0.25) is 0 Å². The molecule has 0 aromatic carbocycles. The topological polar surface area (TPSA) is 59.4 Å². The highest BCUT2D eigenvalue weighted by molar-refractivity contribution is 5.75. The van der Waals surface area contributed by atoms with Crippen LogP contribution >= 0.6 is 0 Å². The lowest BCUT2D eigenvalue weighted by atomic mass is 9.88. The predicted octanol–water partition coefficient (Wildman–Crippen LogP) is 2.27. The standard InChI is InChI=1S/C12H23NO3/c1-9(11(2,3)7-13)16-8-12(4,5)10(14)15-6/h7,9,13H,8H2,1-6H3. The molecule has 16 heavy (non-hydrogen) atoms. The summed E-state index contributed by atoms with van der Waals surface area (Å²) in [5, 5.41) is 7.29. The summed E-state index contributed by atoms with van der Waals surface area (Å²) in [7, 11) is 1.37. The third-order valence-corrected chi connectivity index (χ3v) is 2.85. The van der Waals surface area contributed by atoms with E-state index in [1.54, 1.807) is 13.8 Å². The minimum Gasteiger partial charge on any atom is -0.469 e. The highest BCUT2D eigenvalue weighted by Crippen LogP contribution is 2.24. The summed E-state index contributed by atoms with van der Waals surface area (Å²) in [5.74, 6) is -0.285. The summed E-state index contributed by atoms with van der Waals surface area (Å²) in [6.45, 7) is 9.61. The molecule has 1 atom stereocenters. The molecule has 0 bridgehead atoms. The Hall–Kier alpha value is -0.900. The number of hydrogen-bond acceptors (Lipinski definition) is 4. The second kappa shape index (κ2) is 5.43. The Morgan fingerprint density at radius 3 is 2.25 bits per heavy atom. The van der Waals surface area contributed by atoms with E-state index in [0.29, 0.717) is 0 Å². The van der Waals surface area contributed by atoms with Crippen molar-refractivity contribution in [3.8, 4) is 0 Å². The van der Waals surface area contributed by atoms with Crippen molar-refractivity contribution in [3.05, 3.63) is 0 Å². The van der Waals surface area contributed by atoms with Crippen LogP contribution in [0.1, 0.15) is 34.6 Å². The van der Waals surface area contributed by atoms with Crippen molar-refractivity contribution in [3.63, 3.8) is 0 Å². The van der Waals surface area contributed by atoms with Gasteiger partial charge in [0.25, 0.3) is 0 Å². The van der Waals surface area contributed by atoms with Crippen LogP contribution in [0.25, 0.3) is 0 Å². The molecule has 0 spiro atoms.